The van der Waals surface area contributed by atoms with Gasteiger partial charge in [-0.1, -0.05) is 31.9 Å². The highest BCUT2D eigenvalue weighted by Crippen LogP contribution is 2.41. The Balaban J connectivity index is 1.84. The molecule has 192 valence electrons. The summed E-state index contributed by atoms with van der Waals surface area (Å²) in [6.45, 7) is 9.62. The molecule has 7 nitrogen and oxygen atoms in total. The number of carbonyl (C=O) groups excluding carboxylic acids is 1. The van der Waals surface area contributed by atoms with E-state index in [1.54, 1.807) is 12.0 Å². The van der Waals surface area contributed by atoms with Crippen LogP contribution in [0.3, 0.4) is 0 Å². The van der Waals surface area contributed by atoms with Crippen molar-refractivity contribution in [2.24, 2.45) is 0 Å². The fourth-order valence-corrected chi connectivity index (χ4v) is 4.90. The summed E-state index contributed by atoms with van der Waals surface area (Å²) in [6, 6.07) is 8.78. The van der Waals surface area contributed by atoms with Gasteiger partial charge in [-0.05, 0) is 62.1 Å². The molecular weight excluding hydrogens is 458 g/mol. The van der Waals surface area contributed by atoms with E-state index in [0.717, 1.165) is 36.0 Å². The number of carbonyl (C=O) groups is 1. The van der Waals surface area contributed by atoms with Gasteiger partial charge >= 0.3 is 0 Å². The Morgan fingerprint density at radius 1 is 0.972 bits per heavy atom. The third-order valence-electron chi connectivity index (χ3n) is 6.54. The van der Waals surface area contributed by atoms with Crippen molar-refractivity contribution >= 4 is 16.9 Å². The molecule has 0 spiro atoms. The number of rotatable bonds is 11. The van der Waals surface area contributed by atoms with Crippen LogP contribution in [0.5, 0.6) is 11.5 Å². The number of amides is 1. The molecule has 0 radical (unpaired) electrons. The van der Waals surface area contributed by atoms with E-state index in [4.69, 9.17) is 18.6 Å². The van der Waals surface area contributed by atoms with E-state index in [2.05, 4.69) is 6.92 Å². The Bertz CT molecular complexity index is 1310. The van der Waals surface area contributed by atoms with Crippen LogP contribution in [0.1, 0.15) is 72.0 Å². The Morgan fingerprint density at radius 3 is 2.50 bits per heavy atom. The molecule has 7 heteroatoms. The van der Waals surface area contributed by atoms with Crippen LogP contribution in [0.15, 0.2) is 39.5 Å². The monoisotopic (exact) mass is 493 g/mol. The minimum absolute atomic E-state index is 0.0939. The SMILES string of the molecule is CCCCCOc1ccc(C2c3c(oc4cc(C)cc(C)c4c3=O)C(=O)N2CCOC)cc1OCC. The average molecular weight is 494 g/mol. The normalized spacial score (nSPS) is 15.0. The van der Waals surface area contributed by atoms with Gasteiger partial charge in [-0.3, -0.25) is 9.59 Å². The Hall–Kier alpha value is -3.32. The minimum atomic E-state index is -0.614. The van der Waals surface area contributed by atoms with E-state index in [1.165, 1.54) is 0 Å². The molecule has 4 rings (SSSR count). The first-order valence-electron chi connectivity index (χ1n) is 12.7. The number of hydrogen-bond donors (Lipinski definition) is 0. The van der Waals surface area contributed by atoms with E-state index in [0.29, 0.717) is 54.4 Å². The molecule has 1 amide bonds. The van der Waals surface area contributed by atoms with Crippen LogP contribution in [0.4, 0.5) is 0 Å². The smallest absolute Gasteiger partial charge is 0.290 e. The number of fused-ring (bicyclic) bond motifs is 2. The number of methoxy groups -OCH3 is 1. The molecular formula is C29H35NO6. The summed E-state index contributed by atoms with van der Waals surface area (Å²) in [5, 5.41) is 0.506. The average Bonchev–Trinajstić information content (AvgIpc) is 3.12. The van der Waals surface area contributed by atoms with E-state index in [-0.39, 0.29) is 17.1 Å². The highest BCUT2D eigenvalue weighted by Gasteiger charge is 2.43. The van der Waals surface area contributed by atoms with Gasteiger partial charge in [-0.15, -0.1) is 0 Å². The molecule has 1 aliphatic rings. The van der Waals surface area contributed by atoms with Gasteiger partial charge in [0.15, 0.2) is 16.9 Å². The van der Waals surface area contributed by atoms with Crippen molar-refractivity contribution in [3.63, 3.8) is 0 Å². The lowest BCUT2D eigenvalue weighted by atomic mass is 9.96. The predicted molar refractivity (Wildman–Crippen MR) is 139 cm³/mol. The summed E-state index contributed by atoms with van der Waals surface area (Å²) < 4.78 is 23.3. The maximum Gasteiger partial charge on any atom is 0.290 e. The first-order chi connectivity index (χ1) is 17.4. The number of hydrogen-bond acceptors (Lipinski definition) is 6. The maximum atomic E-state index is 13.9. The Labute approximate surface area is 212 Å². The quantitative estimate of drug-likeness (QED) is 0.325. The van der Waals surface area contributed by atoms with Gasteiger partial charge in [0, 0.05) is 13.7 Å². The number of benzene rings is 2. The lowest BCUT2D eigenvalue weighted by Crippen LogP contribution is -2.32. The molecule has 1 atom stereocenters. The number of aryl methyl sites for hydroxylation is 2. The zero-order valence-electron chi connectivity index (χ0n) is 21.8. The number of nitrogens with zero attached hydrogens (tertiary/aromatic N) is 1. The van der Waals surface area contributed by atoms with Gasteiger partial charge in [0.2, 0.25) is 5.76 Å². The van der Waals surface area contributed by atoms with Crippen molar-refractivity contribution in [1.82, 2.24) is 4.90 Å². The van der Waals surface area contributed by atoms with E-state index < -0.39 is 6.04 Å². The predicted octanol–water partition coefficient (Wildman–Crippen LogP) is 5.57. The highest BCUT2D eigenvalue weighted by molar-refractivity contribution is 5.99. The third kappa shape index (κ3) is 4.85. The van der Waals surface area contributed by atoms with Crippen molar-refractivity contribution in [2.45, 2.75) is 53.0 Å². The number of unbranched alkanes of at least 4 members (excludes halogenated alkanes) is 2. The molecule has 0 aliphatic carbocycles. The molecule has 0 bridgehead atoms. The fourth-order valence-electron chi connectivity index (χ4n) is 4.90. The first-order valence-corrected chi connectivity index (χ1v) is 12.7. The van der Waals surface area contributed by atoms with Crippen LogP contribution in [0, 0.1) is 13.8 Å². The molecule has 1 aromatic heterocycles. The summed E-state index contributed by atoms with van der Waals surface area (Å²) in [6.07, 6.45) is 3.18. The van der Waals surface area contributed by atoms with E-state index in [1.807, 2.05) is 51.1 Å². The molecule has 0 saturated carbocycles. The standard InChI is InChI=1S/C29H35NO6/c1-6-8-9-13-35-21-11-10-20(17-22(21)34-7-2)26-25-27(31)24-19(4)15-18(3)16-23(24)36-28(25)29(32)30(26)12-14-33-5/h10-11,15-17,26H,6-9,12-14H2,1-5H3. The van der Waals surface area contributed by atoms with Crippen LogP contribution in [-0.4, -0.2) is 44.3 Å². The molecule has 3 aromatic rings. The minimum Gasteiger partial charge on any atom is -0.490 e. The molecule has 2 aromatic carbocycles. The Morgan fingerprint density at radius 2 is 1.78 bits per heavy atom. The molecule has 0 fully saturated rings. The maximum absolute atomic E-state index is 13.9. The van der Waals surface area contributed by atoms with Crippen LogP contribution >= 0.6 is 0 Å². The lowest BCUT2D eigenvalue weighted by molar-refractivity contribution is 0.0663. The van der Waals surface area contributed by atoms with Crippen molar-refractivity contribution < 1.29 is 23.4 Å². The van der Waals surface area contributed by atoms with Gasteiger partial charge in [0.1, 0.15) is 5.58 Å². The summed E-state index contributed by atoms with van der Waals surface area (Å²) in [5.41, 5.74) is 3.17. The second-order valence-corrected chi connectivity index (χ2v) is 9.22. The van der Waals surface area contributed by atoms with Crippen molar-refractivity contribution in [2.75, 3.05) is 33.5 Å². The topological polar surface area (TPSA) is 78.2 Å². The van der Waals surface area contributed by atoms with Crippen LogP contribution in [0.2, 0.25) is 0 Å². The van der Waals surface area contributed by atoms with Gasteiger partial charge in [-0.25, -0.2) is 0 Å². The van der Waals surface area contributed by atoms with Gasteiger partial charge in [0.25, 0.3) is 5.91 Å². The van der Waals surface area contributed by atoms with Crippen molar-refractivity contribution in [3.05, 3.63) is 68.6 Å². The van der Waals surface area contributed by atoms with Crippen LogP contribution in [0.25, 0.3) is 11.0 Å². The summed E-state index contributed by atoms with van der Waals surface area (Å²) in [5.74, 6) is 1.03. The van der Waals surface area contributed by atoms with E-state index >= 15 is 0 Å². The van der Waals surface area contributed by atoms with Crippen molar-refractivity contribution in [3.8, 4) is 11.5 Å². The molecule has 0 N–H and O–H groups in total. The molecule has 36 heavy (non-hydrogen) atoms. The van der Waals surface area contributed by atoms with Gasteiger partial charge < -0.3 is 23.5 Å². The zero-order chi connectivity index (χ0) is 25.8. The second kappa shape index (κ2) is 11.2. The Kier molecular flexibility index (Phi) is 7.99. The van der Waals surface area contributed by atoms with Crippen molar-refractivity contribution in [1.29, 1.82) is 0 Å². The summed E-state index contributed by atoms with van der Waals surface area (Å²) >= 11 is 0. The fraction of sp³-hybridized carbons (Fsp3) is 0.448. The number of ether oxygens (including phenoxy) is 3. The largest absolute Gasteiger partial charge is 0.490 e. The molecule has 0 saturated heterocycles. The third-order valence-corrected chi connectivity index (χ3v) is 6.54. The molecule has 2 heterocycles. The summed E-state index contributed by atoms with van der Waals surface area (Å²) in [7, 11) is 1.59. The second-order valence-electron chi connectivity index (χ2n) is 9.22. The van der Waals surface area contributed by atoms with Gasteiger partial charge in [-0.2, -0.15) is 0 Å². The van der Waals surface area contributed by atoms with Gasteiger partial charge in [0.05, 0.1) is 36.8 Å². The van der Waals surface area contributed by atoms with E-state index in [9.17, 15) is 9.59 Å². The summed E-state index contributed by atoms with van der Waals surface area (Å²) in [4.78, 5) is 29.0. The van der Waals surface area contributed by atoms with Crippen LogP contribution < -0.4 is 14.9 Å². The zero-order valence-corrected chi connectivity index (χ0v) is 21.8. The highest BCUT2D eigenvalue weighted by atomic mass is 16.5. The lowest BCUT2D eigenvalue weighted by Gasteiger charge is -2.25. The first kappa shape index (κ1) is 25.8. The molecule has 1 aliphatic heterocycles. The molecule has 1 unspecified atom stereocenters. The van der Waals surface area contributed by atoms with Crippen LogP contribution in [-0.2, 0) is 4.74 Å².